The first-order chi connectivity index (χ1) is 13.8. The van der Waals surface area contributed by atoms with E-state index in [1.54, 1.807) is 24.3 Å². The Labute approximate surface area is 177 Å². The quantitative estimate of drug-likeness (QED) is 0.278. The highest BCUT2D eigenvalue weighted by Crippen LogP contribution is 2.22. The van der Waals surface area contributed by atoms with Gasteiger partial charge in [-0.3, -0.25) is 19.7 Å². The second kappa shape index (κ2) is 10.6. The van der Waals surface area contributed by atoms with Gasteiger partial charge in [-0.15, -0.1) is 0 Å². The number of carbonyl (C=O) groups is 2. The van der Waals surface area contributed by atoms with E-state index in [2.05, 4.69) is 5.32 Å². The fourth-order valence-corrected chi connectivity index (χ4v) is 2.78. The molecule has 0 fully saturated rings. The third kappa shape index (κ3) is 6.33. The molecule has 0 aliphatic heterocycles. The summed E-state index contributed by atoms with van der Waals surface area (Å²) >= 11 is 11.4. The van der Waals surface area contributed by atoms with Crippen molar-refractivity contribution in [2.45, 2.75) is 11.3 Å². The number of halogens is 2. The zero-order valence-electron chi connectivity index (χ0n) is 15.5. The summed E-state index contributed by atoms with van der Waals surface area (Å²) in [4.78, 5) is 34.8. The van der Waals surface area contributed by atoms with Crippen LogP contribution in [0.5, 0.6) is 5.75 Å². The first-order valence-electron chi connectivity index (χ1n) is 8.59. The van der Waals surface area contributed by atoms with E-state index < -0.39 is 15.7 Å². The van der Waals surface area contributed by atoms with E-state index in [1.807, 2.05) is 0 Å². The minimum absolute atomic E-state index is 0.0972. The first-order valence-corrected chi connectivity index (χ1v) is 9.47. The molecule has 0 aliphatic rings. The molecule has 0 unspecified atom stereocenters. The van der Waals surface area contributed by atoms with E-state index in [-0.39, 0.29) is 18.1 Å². The SMILES string of the molecule is COc1cccc(C(=O)NCCCN(C(=O)C(Cl)Cl)c2ccc([N+](=O)[O-])cc2)c1. The number of nitro benzene ring substituents is 1. The lowest BCUT2D eigenvalue weighted by Gasteiger charge is -2.23. The summed E-state index contributed by atoms with van der Waals surface area (Å²) < 4.78 is 5.09. The average molecular weight is 440 g/mol. The van der Waals surface area contributed by atoms with Gasteiger partial charge in [0.15, 0.2) is 4.84 Å². The van der Waals surface area contributed by atoms with E-state index in [4.69, 9.17) is 27.9 Å². The molecule has 2 aromatic carbocycles. The molecule has 29 heavy (non-hydrogen) atoms. The molecule has 2 amide bonds. The summed E-state index contributed by atoms with van der Waals surface area (Å²) in [6.45, 7) is 0.507. The summed E-state index contributed by atoms with van der Waals surface area (Å²) in [5.41, 5.74) is 0.778. The molecule has 1 N–H and O–H groups in total. The third-order valence-corrected chi connectivity index (χ3v) is 4.37. The van der Waals surface area contributed by atoms with Crippen LogP contribution in [0, 0.1) is 10.1 Å². The molecule has 2 rings (SSSR count). The molecule has 8 nitrogen and oxygen atoms in total. The number of non-ortho nitro benzene ring substituents is 1. The molecule has 2 aromatic rings. The predicted molar refractivity (Wildman–Crippen MR) is 111 cm³/mol. The monoisotopic (exact) mass is 439 g/mol. The number of methoxy groups -OCH3 is 1. The van der Waals surface area contributed by atoms with Crippen LogP contribution in [0.15, 0.2) is 48.5 Å². The van der Waals surface area contributed by atoms with Gasteiger partial charge < -0.3 is 15.0 Å². The Morgan fingerprint density at radius 1 is 1.21 bits per heavy atom. The van der Waals surface area contributed by atoms with Crippen LogP contribution >= 0.6 is 23.2 Å². The molecule has 0 aromatic heterocycles. The van der Waals surface area contributed by atoms with Gasteiger partial charge in [0.25, 0.3) is 17.5 Å². The number of rotatable bonds is 9. The van der Waals surface area contributed by atoms with E-state index >= 15 is 0 Å². The van der Waals surface area contributed by atoms with Crippen molar-refractivity contribution in [3.05, 3.63) is 64.2 Å². The van der Waals surface area contributed by atoms with Crippen molar-refractivity contribution in [1.29, 1.82) is 0 Å². The highest BCUT2D eigenvalue weighted by Gasteiger charge is 2.22. The maximum absolute atomic E-state index is 12.3. The Balaban J connectivity index is 1.98. The van der Waals surface area contributed by atoms with Crippen LogP contribution in [0.3, 0.4) is 0 Å². The number of ether oxygens (including phenoxy) is 1. The average Bonchev–Trinajstić information content (AvgIpc) is 2.73. The van der Waals surface area contributed by atoms with Gasteiger partial charge in [0, 0.05) is 36.5 Å². The van der Waals surface area contributed by atoms with Gasteiger partial charge in [-0.25, -0.2) is 0 Å². The molecular weight excluding hydrogens is 421 g/mol. The zero-order chi connectivity index (χ0) is 21.4. The van der Waals surface area contributed by atoms with E-state index in [0.29, 0.717) is 30.0 Å². The number of hydrogen-bond donors (Lipinski definition) is 1. The van der Waals surface area contributed by atoms with Crippen LogP contribution in [0.1, 0.15) is 16.8 Å². The molecule has 0 aliphatic carbocycles. The van der Waals surface area contributed by atoms with E-state index in [0.717, 1.165) is 0 Å². The Kier molecular flexibility index (Phi) is 8.23. The minimum atomic E-state index is -1.28. The maximum atomic E-state index is 12.3. The Hall–Kier alpha value is -2.84. The van der Waals surface area contributed by atoms with Gasteiger partial charge >= 0.3 is 0 Å². The molecule has 0 saturated heterocycles. The van der Waals surface area contributed by atoms with Gasteiger partial charge in [-0.2, -0.15) is 0 Å². The number of nitrogens with one attached hydrogen (secondary N) is 1. The van der Waals surface area contributed by atoms with E-state index in [9.17, 15) is 19.7 Å². The minimum Gasteiger partial charge on any atom is -0.497 e. The van der Waals surface area contributed by atoms with Gasteiger partial charge in [0.1, 0.15) is 5.75 Å². The Morgan fingerprint density at radius 3 is 2.48 bits per heavy atom. The summed E-state index contributed by atoms with van der Waals surface area (Å²) in [6.07, 6.45) is 0.416. The number of hydrogen-bond acceptors (Lipinski definition) is 5. The predicted octanol–water partition coefficient (Wildman–Crippen LogP) is 3.56. The number of amides is 2. The fourth-order valence-electron chi connectivity index (χ4n) is 2.54. The van der Waals surface area contributed by atoms with Gasteiger partial charge in [-0.05, 0) is 36.8 Å². The van der Waals surface area contributed by atoms with Crippen molar-refractivity contribution in [1.82, 2.24) is 5.32 Å². The lowest BCUT2D eigenvalue weighted by atomic mass is 10.2. The Bertz CT molecular complexity index is 874. The molecule has 0 spiro atoms. The highest BCUT2D eigenvalue weighted by molar-refractivity contribution is 6.54. The second-order valence-electron chi connectivity index (χ2n) is 5.91. The summed E-state index contributed by atoms with van der Waals surface area (Å²) in [5.74, 6) is -0.256. The molecule has 0 heterocycles. The standard InChI is InChI=1S/C19H19Cl2N3O5/c1-29-16-5-2-4-13(12-16)18(25)22-10-3-11-23(19(26)17(20)21)14-6-8-15(9-7-14)24(27)28/h2,4-9,12,17H,3,10-11H2,1H3,(H,22,25). The number of benzene rings is 2. The molecule has 0 bridgehead atoms. The normalized spacial score (nSPS) is 10.5. The molecule has 0 atom stereocenters. The second-order valence-corrected chi connectivity index (χ2v) is 7.00. The van der Waals surface area contributed by atoms with E-state index in [1.165, 1.54) is 36.3 Å². The summed E-state index contributed by atoms with van der Waals surface area (Å²) in [6, 6.07) is 12.2. The number of nitrogens with zero attached hydrogens (tertiary/aromatic N) is 2. The molecule has 0 radical (unpaired) electrons. The third-order valence-electron chi connectivity index (χ3n) is 4.00. The van der Waals surface area contributed by atoms with Crippen LogP contribution in [0.25, 0.3) is 0 Å². The zero-order valence-corrected chi connectivity index (χ0v) is 17.0. The molecule has 10 heteroatoms. The summed E-state index contributed by atoms with van der Waals surface area (Å²) in [7, 11) is 1.52. The summed E-state index contributed by atoms with van der Waals surface area (Å²) in [5, 5.41) is 13.6. The van der Waals surface area contributed by atoms with Crippen LogP contribution in [0.2, 0.25) is 0 Å². The van der Waals surface area contributed by atoms with Crippen LogP contribution in [-0.2, 0) is 4.79 Å². The van der Waals surface area contributed by atoms with Crippen LogP contribution in [-0.4, -0.2) is 41.8 Å². The van der Waals surface area contributed by atoms with Crippen molar-refractivity contribution in [3.8, 4) is 5.75 Å². The van der Waals surface area contributed by atoms with Gasteiger partial charge in [-0.1, -0.05) is 29.3 Å². The maximum Gasteiger partial charge on any atom is 0.269 e. The number of carbonyl (C=O) groups excluding carboxylic acids is 2. The number of anilines is 1. The highest BCUT2D eigenvalue weighted by atomic mass is 35.5. The Morgan fingerprint density at radius 2 is 1.90 bits per heavy atom. The lowest BCUT2D eigenvalue weighted by molar-refractivity contribution is -0.384. The molecular formula is C19H19Cl2N3O5. The molecule has 0 saturated carbocycles. The van der Waals surface area contributed by atoms with Crippen LogP contribution in [0.4, 0.5) is 11.4 Å². The van der Waals surface area contributed by atoms with Gasteiger partial charge in [0.2, 0.25) is 0 Å². The van der Waals surface area contributed by atoms with Crippen LogP contribution < -0.4 is 15.0 Å². The van der Waals surface area contributed by atoms with Crippen molar-refractivity contribution < 1.29 is 19.2 Å². The number of alkyl halides is 2. The van der Waals surface area contributed by atoms with Crippen molar-refractivity contribution in [3.63, 3.8) is 0 Å². The fraction of sp³-hybridized carbons (Fsp3) is 0.263. The first kappa shape index (κ1) is 22.4. The van der Waals surface area contributed by atoms with Crippen molar-refractivity contribution in [2.75, 3.05) is 25.1 Å². The van der Waals surface area contributed by atoms with Crippen molar-refractivity contribution in [2.24, 2.45) is 0 Å². The largest absolute Gasteiger partial charge is 0.497 e. The smallest absolute Gasteiger partial charge is 0.269 e. The number of nitro groups is 1. The topological polar surface area (TPSA) is 102 Å². The lowest BCUT2D eigenvalue weighted by Crippen LogP contribution is -2.37. The van der Waals surface area contributed by atoms with Gasteiger partial charge in [0.05, 0.1) is 12.0 Å². The van der Waals surface area contributed by atoms with Crippen molar-refractivity contribution >= 4 is 46.4 Å². The molecule has 154 valence electrons.